The van der Waals surface area contributed by atoms with Gasteiger partial charge < -0.3 is 9.73 Å². The number of carbonyl (C=O) groups excluding carboxylic acids is 1. The van der Waals surface area contributed by atoms with E-state index in [-0.39, 0.29) is 12.3 Å². The minimum atomic E-state index is -0.0834. The van der Waals surface area contributed by atoms with E-state index in [2.05, 4.69) is 18.3 Å². The number of hydrogen-bond acceptors (Lipinski definition) is 2. The molecule has 2 aromatic carbocycles. The Morgan fingerprint density at radius 2 is 2.04 bits per heavy atom. The SMILES string of the molecule is CCc1ccc2occ(CC(=O)Nc3cc(Cl)ccc3C)c2c1. The topological polar surface area (TPSA) is 42.2 Å². The van der Waals surface area contributed by atoms with Gasteiger partial charge >= 0.3 is 0 Å². The third kappa shape index (κ3) is 3.40. The largest absolute Gasteiger partial charge is 0.464 e. The van der Waals surface area contributed by atoms with Crippen molar-refractivity contribution in [1.29, 1.82) is 0 Å². The highest BCUT2D eigenvalue weighted by atomic mass is 35.5. The molecule has 3 nitrogen and oxygen atoms in total. The van der Waals surface area contributed by atoms with Gasteiger partial charge in [-0.1, -0.05) is 30.7 Å². The van der Waals surface area contributed by atoms with Crippen LogP contribution in [-0.4, -0.2) is 5.91 Å². The highest BCUT2D eigenvalue weighted by molar-refractivity contribution is 6.31. The average Bonchev–Trinajstić information content (AvgIpc) is 2.93. The van der Waals surface area contributed by atoms with Crippen LogP contribution in [0.3, 0.4) is 0 Å². The Morgan fingerprint density at radius 1 is 1.22 bits per heavy atom. The molecule has 1 amide bonds. The predicted octanol–water partition coefficient (Wildman–Crippen LogP) is 5.14. The maximum absolute atomic E-state index is 12.3. The summed E-state index contributed by atoms with van der Waals surface area (Å²) in [6.45, 7) is 4.04. The molecule has 23 heavy (non-hydrogen) atoms. The molecule has 0 atom stereocenters. The Balaban J connectivity index is 1.81. The number of rotatable bonds is 4. The first-order chi connectivity index (χ1) is 11.1. The normalized spacial score (nSPS) is 10.9. The van der Waals surface area contributed by atoms with E-state index in [1.54, 1.807) is 12.3 Å². The molecule has 0 radical (unpaired) electrons. The first-order valence-corrected chi connectivity index (χ1v) is 7.99. The Bertz CT molecular complexity index is 867. The summed E-state index contributed by atoms with van der Waals surface area (Å²) in [5.41, 5.74) is 4.65. The van der Waals surface area contributed by atoms with Gasteiger partial charge in [0.25, 0.3) is 0 Å². The van der Waals surface area contributed by atoms with Gasteiger partial charge in [0, 0.05) is 21.7 Å². The average molecular weight is 328 g/mol. The zero-order valence-electron chi connectivity index (χ0n) is 13.2. The van der Waals surface area contributed by atoms with Crippen LogP contribution in [0.15, 0.2) is 47.1 Å². The second-order valence-electron chi connectivity index (χ2n) is 5.63. The molecule has 0 unspecified atom stereocenters. The quantitative estimate of drug-likeness (QED) is 0.721. The Morgan fingerprint density at radius 3 is 2.83 bits per heavy atom. The van der Waals surface area contributed by atoms with Crippen LogP contribution in [-0.2, 0) is 17.6 Å². The van der Waals surface area contributed by atoms with E-state index in [0.29, 0.717) is 5.02 Å². The molecule has 0 saturated heterocycles. The van der Waals surface area contributed by atoms with Gasteiger partial charge in [-0.25, -0.2) is 0 Å². The van der Waals surface area contributed by atoms with Gasteiger partial charge in [0.15, 0.2) is 0 Å². The summed E-state index contributed by atoms with van der Waals surface area (Å²) in [6.07, 6.45) is 2.88. The van der Waals surface area contributed by atoms with Crippen LogP contribution >= 0.6 is 11.6 Å². The van der Waals surface area contributed by atoms with Crippen LogP contribution in [0.2, 0.25) is 5.02 Å². The zero-order chi connectivity index (χ0) is 16.4. The summed E-state index contributed by atoms with van der Waals surface area (Å²) < 4.78 is 5.54. The summed E-state index contributed by atoms with van der Waals surface area (Å²) in [5.74, 6) is -0.0834. The second kappa shape index (κ2) is 6.47. The molecule has 0 saturated carbocycles. The number of furan rings is 1. The van der Waals surface area contributed by atoms with E-state index < -0.39 is 0 Å². The molecule has 3 aromatic rings. The summed E-state index contributed by atoms with van der Waals surface area (Å²) in [7, 11) is 0. The van der Waals surface area contributed by atoms with E-state index >= 15 is 0 Å². The van der Waals surface area contributed by atoms with E-state index in [9.17, 15) is 4.79 Å². The van der Waals surface area contributed by atoms with Crippen LogP contribution in [0.4, 0.5) is 5.69 Å². The molecule has 3 rings (SSSR count). The number of nitrogens with one attached hydrogen (secondary N) is 1. The van der Waals surface area contributed by atoms with Gasteiger partial charge in [-0.05, 0) is 48.7 Å². The zero-order valence-corrected chi connectivity index (χ0v) is 13.9. The lowest BCUT2D eigenvalue weighted by atomic mass is 10.1. The molecule has 1 N–H and O–H groups in total. The maximum atomic E-state index is 12.3. The molecule has 0 bridgehead atoms. The third-order valence-corrected chi connectivity index (χ3v) is 4.19. The summed E-state index contributed by atoms with van der Waals surface area (Å²) in [4.78, 5) is 12.3. The van der Waals surface area contributed by atoms with Crippen molar-refractivity contribution in [1.82, 2.24) is 0 Å². The van der Waals surface area contributed by atoms with E-state index in [1.165, 1.54) is 5.56 Å². The molecule has 0 aliphatic rings. The van der Waals surface area contributed by atoms with Gasteiger partial charge in [-0.2, -0.15) is 0 Å². The molecule has 0 spiro atoms. The molecule has 4 heteroatoms. The van der Waals surface area contributed by atoms with Gasteiger partial charge in [-0.15, -0.1) is 0 Å². The van der Waals surface area contributed by atoms with E-state index in [0.717, 1.165) is 34.2 Å². The summed E-state index contributed by atoms with van der Waals surface area (Å²) in [5, 5.41) is 4.52. The van der Waals surface area contributed by atoms with Crippen molar-refractivity contribution in [3.05, 3.63) is 64.4 Å². The van der Waals surface area contributed by atoms with Crippen molar-refractivity contribution in [2.45, 2.75) is 26.7 Å². The van der Waals surface area contributed by atoms with Crippen LogP contribution in [0.5, 0.6) is 0 Å². The smallest absolute Gasteiger partial charge is 0.228 e. The maximum Gasteiger partial charge on any atom is 0.228 e. The predicted molar refractivity (Wildman–Crippen MR) is 94.1 cm³/mol. The monoisotopic (exact) mass is 327 g/mol. The standard InChI is InChI=1S/C19H18ClNO2/c1-3-13-5-7-18-16(8-13)14(11-23-18)9-19(22)21-17-10-15(20)6-4-12(17)2/h4-8,10-11H,3,9H2,1-2H3,(H,21,22). The number of benzene rings is 2. The molecule has 0 fully saturated rings. The van der Waals surface area contributed by atoms with Crippen LogP contribution in [0.1, 0.15) is 23.6 Å². The van der Waals surface area contributed by atoms with Crippen LogP contribution in [0, 0.1) is 6.92 Å². The Hall–Kier alpha value is -2.26. The lowest BCUT2D eigenvalue weighted by molar-refractivity contribution is -0.115. The number of fused-ring (bicyclic) bond motifs is 1. The van der Waals surface area contributed by atoms with E-state index in [1.807, 2.05) is 31.2 Å². The van der Waals surface area contributed by atoms with Crippen molar-refractivity contribution >= 4 is 34.2 Å². The van der Waals surface area contributed by atoms with Crippen molar-refractivity contribution in [2.75, 3.05) is 5.32 Å². The number of halogens is 1. The molecule has 1 aromatic heterocycles. The van der Waals surface area contributed by atoms with Crippen molar-refractivity contribution < 1.29 is 9.21 Å². The third-order valence-electron chi connectivity index (χ3n) is 3.95. The molecule has 0 aliphatic heterocycles. The van der Waals surface area contributed by atoms with Crippen molar-refractivity contribution in [3.63, 3.8) is 0 Å². The Labute approximate surface area is 140 Å². The molecule has 118 valence electrons. The summed E-state index contributed by atoms with van der Waals surface area (Å²) >= 11 is 5.99. The van der Waals surface area contributed by atoms with Gasteiger partial charge in [0.1, 0.15) is 5.58 Å². The number of aryl methyl sites for hydroxylation is 2. The fourth-order valence-electron chi connectivity index (χ4n) is 2.58. The highest BCUT2D eigenvalue weighted by Crippen LogP contribution is 2.24. The highest BCUT2D eigenvalue weighted by Gasteiger charge is 2.12. The number of hydrogen-bond donors (Lipinski definition) is 1. The first kappa shape index (κ1) is 15.6. The summed E-state index contributed by atoms with van der Waals surface area (Å²) in [6, 6.07) is 11.5. The molecule has 0 aliphatic carbocycles. The minimum Gasteiger partial charge on any atom is -0.464 e. The second-order valence-corrected chi connectivity index (χ2v) is 6.07. The number of amides is 1. The van der Waals surface area contributed by atoms with Crippen LogP contribution in [0.25, 0.3) is 11.0 Å². The van der Waals surface area contributed by atoms with Crippen molar-refractivity contribution in [3.8, 4) is 0 Å². The first-order valence-electron chi connectivity index (χ1n) is 7.62. The molecule has 1 heterocycles. The van der Waals surface area contributed by atoms with E-state index in [4.69, 9.17) is 16.0 Å². The molecular weight excluding hydrogens is 310 g/mol. The van der Waals surface area contributed by atoms with Gasteiger partial charge in [-0.3, -0.25) is 4.79 Å². The van der Waals surface area contributed by atoms with Crippen LogP contribution < -0.4 is 5.32 Å². The fraction of sp³-hybridized carbons (Fsp3) is 0.211. The lowest BCUT2D eigenvalue weighted by Crippen LogP contribution is -2.15. The number of anilines is 1. The lowest BCUT2D eigenvalue weighted by Gasteiger charge is -2.08. The fourth-order valence-corrected chi connectivity index (χ4v) is 2.75. The Kier molecular flexibility index (Phi) is 4.39. The minimum absolute atomic E-state index is 0.0834. The molecular formula is C19H18ClNO2. The van der Waals surface area contributed by atoms with Gasteiger partial charge in [0.2, 0.25) is 5.91 Å². The van der Waals surface area contributed by atoms with Crippen molar-refractivity contribution in [2.24, 2.45) is 0 Å². The number of carbonyl (C=O) groups is 1. The van der Waals surface area contributed by atoms with Gasteiger partial charge in [0.05, 0.1) is 12.7 Å².